The molecule has 2 N–H and O–H groups in total. The van der Waals surface area contributed by atoms with Gasteiger partial charge in [-0.2, -0.15) is 0 Å². The molecule has 4 aromatic rings. The van der Waals surface area contributed by atoms with E-state index in [9.17, 15) is 19.5 Å². The Kier molecular flexibility index (Phi) is 8.80. The highest BCUT2D eigenvalue weighted by Crippen LogP contribution is 2.54. The molecule has 10 heteroatoms. The number of piperidine rings is 3. The van der Waals surface area contributed by atoms with Gasteiger partial charge >= 0.3 is 0 Å². The smallest absolute Gasteiger partial charge is 0.255 e. The van der Waals surface area contributed by atoms with E-state index < -0.39 is 6.04 Å². The number of benzene rings is 4. The number of nitrogens with zero attached hydrogens (tertiary/aromatic N) is 3. The van der Waals surface area contributed by atoms with Crippen molar-refractivity contribution in [3.05, 3.63) is 118 Å². The molecule has 1 saturated carbocycles. The normalized spacial score (nSPS) is 25.8. The minimum atomic E-state index is -0.618. The Bertz CT molecular complexity index is 2300. The Hall–Kier alpha value is -5.35. The summed E-state index contributed by atoms with van der Waals surface area (Å²) < 4.78 is 13.1. The van der Waals surface area contributed by atoms with Crippen molar-refractivity contribution in [2.45, 2.75) is 87.8 Å². The standard InChI is InChI=1S/C49H52N4O6/c54-36-11-8-34-24-38(32-4-2-1-3-5-32)44(59-42(34)25-36)33-6-9-35(10-7-33)52-22-16-48(17-23-52)26-31(27-48)28-51-20-18-49(19-21-51)30-58-45-39-29-53(41-14-15-43(55)50-46(41)56)47(57)37(39)12-13-40(45)49/h1-13,25,31,38,41,44,54H,14-24,26-30H2,(H,50,55,56)/t38-,41?,44?/m0/s1. The number of carbonyl (C=O) groups excluding carboxylic acids is 3. The van der Waals surface area contributed by atoms with Gasteiger partial charge in [0.15, 0.2) is 0 Å². The lowest BCUT2D eigenvalue weighted by molar-refractivity contribution is -0.136. The second-order valence-electron chi connectivity index (χ2n) is 18.6. The molecule has 59 heavy (non-hydrogen) atoms. The lowest BCUT2D eigenvalue weighted by Gasteiger charge is -2.54. The summed E-state index contributed by atoms with van der Waals surface area (Å²) in [7, 11) is 0. The zero-order valence-electron chi connectivity index (χ0n) is 33.5. The van der Waals surface area contributed by atoms with E-state index in [0.29, 0.717) is 30.6 Å². The van der Waals surface area contributed by atoms with Crippen molar-refractivity contribution >= 4 is 23.4 Å². The molecule has 2 spiro atoms. The van der Waals surface area contributed by atoms with Gasteiger partial charge in [-0.05, 0) is 117 Å². The number of anilines is 1. The minimum Gasteiger partial charge on any atom is -0.508 e. The number of imide groups is 1. The summed E-state index contributed by atoms with van der Waals surface area (Å²) in [5.41, 5.74) is 8.06. The Morgan fingerprint density at radius 2 is 1.61 bits per heavy atom. The van der Waals surface area contributed by atoms with Crippen LogP contribution in [0, 0.1) is 11.3 Å². The van der Waals surface area contributed by atoms with Crippen molar-refractivity contribution in [3.63, 3.8) is 0 Å². The molecule has 1 aliphatic carbocycles. The first-order chi connectivity index (χ1) is 28.7. The monoisotopic (exact) mass is 792 g/mol. The third-order valence-corrected chi connectivity index (χ3v) is 15.3. The van der Waals surface area contributed by atoms with Crippen molar-refractivity contribution in [2.24, 2.45) is 11.3 Å². The van der Waals surface area contributed by atoms with Crippen molar-refractivity contribution in [1.82, 2.24) is 15.1 Å². The highest BCUT2D eigenvalue weighted by molar-refractivity contribution is 6.05. The van der Waals surface area contributed by atoms with Gasteiger partial charge in [-0.25, -0.2) is 0 Å². The van der Waals surface area contributed by atoms with Crippen LogP contribution in [0.15, 0.2) is 84.9 Å². The summed E-state index contributed by atoms with van der Waals surface area (Å²) in [6.45, 7) is 6.48. The average molecular weight is 793 g/mol. The number of aromatic hydroxyl groups is 1. The number of fused-ring (bicyclic) bond motifs is 5. The maximum Gasteiger partial charge on any atom is 0.255 e. The molecule has 3 saturated heterocycles. The fourth-order valence-corrected chi connectivity index (χ4v) is 11.9. The quantitative estimate of drug-likeness (QED) is 0.200. The molecular weight excluding hydrogens is 741 g/mol. The van der Waals surface area contributed by atoms with Gasteiger partial charge in [-0.3, -0.25) is 19.7 Å². The summed E-state index contributed by atoms with van der Waals surface area (Å²) >= 11 is 0. The van der Waals surface area contributed by atoms with Gasteiger partial charge in [0, 0.05) is 65.8 Å². The van der Waals surface area contributed by atoms with Crippen LogP contribution in [-0.2, 0) is 28.0 Å². The molecule has 10 nitrogen and oxygen atoms in total. The van der Waals surface area contributed by atoms with Crippen LogP contribution in [0.3, 0.4) is 0 Å². The van der Waals surface area contributed by atoms with Crippen molar-refractivity contribution in [1.29, 1.82) is 0 Å². The third-order valence-electron chi connectivity index (χ3n) is 15.3. The number of carbonyl (C=O) groups is 3. The fourth-order valence-electron chi connectivity index (χ4n) is 11.9. The molecule has 2 unspecified atom stereocenters. The van der Waals surface area contributed by atoms with Crippen LogP contribution < -0.4 is 19.7 Å². The van der Waals surface area contributed by atoms with Gasteiger partial charge < -0.3 is 29.3 Å². The molecule has 304 valence electrons. The number of likely N-dealkylation sites (tertiary alicyclic amines) is 1. The SMILES string of the molecule is O=C1CCC(N2Cc3c(ccc4c3OCC43CCN(CC4CC5(CCN(c6ccc(C7Oc8cc(O)ccc8C[C@H]7c7ccccc7)cc6)CC5)C4)CC3)C2=O)C(=O)N1. The summed E-state index contributed by atoms with van der Waals surface area (Å²) in [6, 6.07) is 28.6. The van der Waals surface area contributed by atoms with Crippen LogP contribution in [0.4, 0.5) is 5.69 Å². The molecule has 6 heterocycles. The summed E-state index contributed by atoms with van der Waals surface area (Å²) in [6.07, 6.45) is 8.60. The van der Waals surface area contributed by atoms with Gasteiger partial charge in [-0.15, -0.1) is 0 Å². The second kappa shape index (κ2) is 14.1. The molecule has 4 fully saturated rings. The summed E-state index contributed by atoms with van der Waals surface area (Å²) in [5.74, 6) is 2.01. The first-order valence-electron chi connectivity index (χ1n) is 21.8. The van der Waals surface area contributed by atoms with Gasteiger partial charge in [0.2, 0.25) is 11.8 Å². The van der Waals surface area contributed by atoms with E-state index >= 15 is 0 Å². The van der Waals surface area contributed by atoms with Crippen LogP contribution in [-0.4, -0.2) is 78.0 Å². The number of phenolic OH excluding ortho intramolecular Hbond substituents is 1. The second-order valence-corrected chi connectivity index (χ2v) is 18.6. The predicted molar refractivity (Wildman–Crippen MR) is 223 cm³/mol. The summed E-state index contributed by atoms with van der Waals surface area (Å²) in [4.78, 5) is 44.6. The average Bonchev–Trinajstić information content (AvgIpc) is 3.78. The molecular formula is C49H52N4O6. The van der Waals surface area contributed by atoms with Crippen LogP contribution in [0.2, 0.25) is 0 Å². The number of nitrogens with one attached hydrogen (secondary N) is 1. The van der Waals surface area contributed by atoms with Crippen molar-refractivity contribution in [2.75, 3.05) is 44.2 Å². The number of rotatable bonds is 6. The molecule has 0 bridgehead atoms. The van der Waals surface area contributed by atoms with Crippen molar-refractivity contribution in [3.8, 4) is 17.2 Å². The van der Waals surface area contributed by atoms with Gasteiger partial charge in [0.25, 0.3) is 5.91 Å². The van der Waals surface area contributed by atoms with Crippen molar-refractivity contribution < 1.29 is 29.0 Å². The number of amides is 3. The topological polar surface area (TPSA) is 112 Å². The van der Waals surface area contributed by atoms with E-state index in [0.717, 1.165) is 74.0 Å². The maximum atomic E-state index is 13.4. The highest BCUT2D eigenvalue weighted by Gasteiger charge is 2.50. The third kappa shape index (κ3) is 6.37. The van der Waals surface area contributed by atoms with E-state index in [1.807, 2.05) is 12.1 Å². The van der Waals surface area contributed by atoms with E-state index in [1.54, 1.807) is 17.0 Å². The van der Waals surface area contributed by atoms with Crippen LogP contribution in [0.1, 0.15) is 102 Å². The molecule has 3 atom stereocenters. The number of ether oxygens (including phenoxy) is 2. The highest BCUT2D eigenvalue weighted by atomic mass is 16.5. The fraction of sp³-hybridized carbons (Fsp3) is 0.449. The van der Waals surface area contributed by atoms with E-state index in [-0.39, 0.29) is 47.3 Å². The number of hydrogen-bond acceptors (Lipinski definition) is 8. The van der Waals surface area contributed by atoms with Gasteiger partial charge in [0.05, 0.1) is 13.2 Å². The zero-order chi connectivity index (χ0) is 39.9. The maximum absolute atomic E-state index is 13.4. The minimum absolute atomic E-state index is 0.0275. The van der Waals surface area contributed by atoms with Crippen LogP contribution >= 0.6 is 0 Å². The lowest BCUT2D eigenvalue weighted by Crippen LogP contribution is -2.52. The molecule has 6 aliphatic heterocycles. The summed E-state index contributed by atoms with van der Waals surface area (Å²) in [5, 5.41) is 12.6. The van der Waals surface area contributed by atoms with E-state index in [4.69, 9.17) is 9.47 Å². The predicted octanol–water partition coefficient (Wildman–Crippen LogP) is 7.04. The zero-order valence-corrected chi connectivity index (χ0v) is 33.5. The van der Waals surface area contributed by atoms with E-state index in [1.165, 1.54) is 54.6 Å². The molecule has 0 radical (unpaired) electrons. The lowest BCUT2D eigenvalue weighted by atomic mass is 9.57. The van der Waals surface area contributed by atoms with Gasteiger partial charge in [0.1, 0.15) is 29.4 Å². The van der Waals surface area contributed by atoms with Crippen LogP contribution in [0.5, 0.6) is 17.2 Å². The number of hydrogen-bond donors (Lipinski definition) is 2. The first-order valence-corrected chi connectivity index (χ1v) is 21.8. The molecule has 4 aromatic carbocycles. The molecule has 3 amide bonds. The van der Waals surface area contributed by atoms with Crippen LogP contribution in [0.25, 0.3) is 0 Å². The Labute approximate surface area is 345 Å². The largest absolute Gasteiger partial charge is 0.508 e. The molecule has 11 rings (SSSR count). The van der Waals surface area contributed by atoms with Gasteiger partial charge in [-0.1, -0.05) is 54.6 Å². The first kappa shape index (κ1) is 36.7. The Morgan fingerprint density at radius 1 is 0.831 bits per heavy atom. The Balaban J connectivity index is 0.677. The Morgan fingerprint density at radius 3 is 2.37 bits per heavy atom. The molecule has 0 aromatic heterocycles. The number of phenols is 1. The molecule has 7 aliphatic rings. The van der Waals surface area contributed by atoms with E-state index in [2.05, 4.69) is 75.8 Å².